The van der Waals surface area contributed by atoms with Crippen molar-refractivity contribution in [2.45, 2.75) is 0 Å². The lowest BCUT2D eigenvalue weighted by molar-refractivity contribution is 1.30. The second kappa shape index (κ2) is 13.1. The zero-order valence-corrected chi connectivity index (χ0v) is 31.4. The van der Waals surface area contributed by atoms with Crippen LogP contribution in [0.5, 0.6) is 0 Å². The largest absolute Gasteiger partial charge is 0.309 e. The van der Waals surface area contributed by atoms with Crippen LogP contribution in [0.2, 0.25) is 0 Å². The summed E-state index contributed by atoms with van der Waals surface area (Å²) in [7, 11) is 0. The number of hydrogen-bond donors (Lipinski definition) is 0. The lowest BCUT2D eigenvalue weighted by Crippen LogP contribution is -2.13. The Morgan fingerprint density at radius 2 is 0.655 bits per heavy atom. The van der Waals surface area contributed by atoms with Crippen LogP contribution in [-0.4, -0.2) is 0 Å². The van der Waals surface area contributed by atoms with E-state index in [1.54, 1.807) is 0 Å². The fourth-order valence-corrected chi connectivity index (χ4v) is 10.8. The number of thiophene rings is 2. The Kier molecular flexibility index (Phi) is 7.61. The van der Waals surface area contributed by atoms with Gasteiger partial charge in [0.1, 0.15) is 0 Å². The number of nitrogens with zero attached hydrogens (tertiary/aromatic N) is 1. The van der Waals surface area contributed by atoms with Gasteiger partial charge in [0.05, 0.1) is 17.1 Å². The van der Waals surface area contributed by atoms with Crippen molar-refractivity contribution in [2.75, 3.05) is 4.90 Å². The minimum Gasteiger partial charge on any atom is -0.309 e. The minimum atomic E-state index is 1.13. The number of para-hydroxylation sites is 2. The normalized spacial score (nSPS) is 11.6. The summed E-state index contributed by atoms with van der Waals surface area (Å²) >= 11 is 3.73. The third-order valence-electron chi connectivity index (χ3n) is 10.9. The first kappa shape index (κ1) is 32.0. The van der Waals surface area contributed by atoms with Crippen LogP contribution in [0.3, 0.4) is 0 Å². The first-order chi connectivity index (χ1) is 27.3. The van der Waals surface area contributed by atoms with Crippen LogP contribution in [0.4, 0.5) is 17.1 Å². The Labute approximate surface area is 327 Å². The van der Waals surface area contributed by atoms with E-state index in [1.165, 1.54) is 90.2 Å². The smallest absolute Gasteiger partial charge is 0.0555 e. The second-order valence-electron chi connectivity index (χ2n) is 14.0. The van der Waals surface area contributed by atoms with E-state index < -0.39 is 0 Å². The van der Waals surface area contributed by atoms with Crippen LogP contribution in [0, 0.1) is 0 Å². The van der Waals surface area contributed by atoms with Crippen LogP contribution in [-0.2, 0) is 0 Å². The van der Waals surface area contributed by atoms with Crippen molar-refractivity contribution >= 4 is 90.9 Å². The van der Waals surface area contributed by atoms with Crippen LogP contribution in [0.25, 0.3) is 84.5 Å². The van der Waals surface area contributed by atoms with Gasteiger partial charge in [0.25, 0.3) is 0 Å². The summed E-state index contributed by atoms with van der Waals surface area (Å²) in [6.07, 6.45) is 0. The highest BCUT2D eigenvalue weighted by molar-refractivity contribution is 7.26. The highest BCUT2D eigenvalue weighted by Crippen LogP contribution is 2.51. The number of benzene rings is 9. The van der Waals surface area contributed by atoms with Gasteiger partial charge in [-0.1, -0.05) is 158 Å². The molecular weight excluding hydrogens is 703 g/mol. The van der Waals surface area contributed by atoms with Gasteiger partial charge < -0.3 is 4.90 Å². The summed E-state index contributed by atoms with van der Waals surface area (Å²) in [5, 5.41) is 7.65. The van der Waals surface area contributed by atoms with Gasteiger partial charge in [-0.15, -0.1) is 22.7 Å². The SMILES string of the molecule is c1ccc(-c2cccc3ccccc23)c(-c2ccccc2N(c2ccccc2-c2cccc3sc4ccccc4c23)c2cccc3sc4ccccc4c23)c1. The minimum absolute atomic E-state index is 1.13. The van der Waals surface area contributed by atoms with E-state index in [0.29, 0.717) is 0 Å². The molecule has 0 atom stereocenters. The van der Waals surface area contributed by atoms with E-state index in [4.69, 9.17) is 0 Å². The fourth-order valence-electron chi connectivity index (χ4n) is 8.54. The van der Waals surface area contributed by atoms with Gasteiger partial charge in [-0.25, -0.2) is 0 Å². The molecule has 9 aromatic carbocycles. The van der Waals surface area contributed by atoms with Crippen LogP contribution < -0.4 is 4.90 Å². The molecule has 0 fully saturated rings. The molecule has 0 bridgehead atoms. The average molecular weight is 736 g/mol. The first-order valence-corrected chi connectivity index (χ1v) is 20.3. The Hall–Kier alpha value is -6.52. The molecule has 0 saturated heterocycles. The van der Waals surface area contributed by atoms with Gasteiger partial charge in [-0.3, -0.25) is 0 Å². The molecule has 0 unspecified atom stereocenters. The van der Waals surface area contributed by atoms with Gasteiger partial charge in [-0.05, 0) is 75.5 Å². The molecule has 1 nitrogen and oxygen atoms in total. The molecule has 258 valence electrons. The van der Waals surface area contributed by atoms with E-state index in [9.17, 15) is 0 Å². The number of hydrogen-bond acceptors (Lipinski definition) is 3. The topological polar surface area (TPSA) is 3.24 Å². The maximum absolute atomic E-state index is 2.54. The van der Waals surface area contributed by atoms with E-state index in [2.05, 4.69) is 205 Å². The first-order valence-electron chi connectivity index (χ1n) is 18.7. The summed E-state index contributed by atoms with van der Waals surface area (Å²) in [4.78, 5) is 2.54. The molecule has 0 saturated carbocycles. The van der Waals surface area contributed by atoms with Gasteiger partial charge >= 0.3 is 0 Å². The van der Waals surface area contributed by atoms with Gasteiger partial charge in [0, 0.05) is 51.5 Å². The standard InChI is InChI=1S/C52H33NS2/c1-2-18-35-34(16-1)17-13-25-36(35)37-19-3-4-20-38(37)39-21-5-9-27-44(39)53(46-29-15-33-50-52(46)43-24-8-12-31-48(43)55-50)45-28-10-6-22-40(45)41-26-14-32-49-51(41)42-23-7-11-30-47(42)54-49/h1-33H. The Morgan fingerprint density at radius 1 is 0.255 bits per heavy atom. The van der Waals surface area contributed by atoms with Crippen molar-refractivity contribution in [3.8, 4) is 33.4 Å². The van der Waals surface area contributed by atoms with E-state index in [0.717, 1.165) is 11.4 Å². The molecular formula is C52H33NS2. The molecule has 0 aliphatic heterocycles. The predicted octanol–water partition coefficient (Wildman–Crippen LogP) is 16.0. The predicted molar refractivity (Wildman–Crippen MR) is 241 cm³/mol. The molecule has 0 aliphatic carbocycles. The summed E-state index contributed by atoms with van der Waals surface area (Å²) in [5.41, 5.74) is 10.7. The zero-order valence-electron chi connectivity index (χ0n) is 29.8. The van der Waals surface area contributed by atoms with Gasteiger partial charge in [0.2, 0.25) is 0 Å². The van der Waals surface area contributed by atoms with Crippen molar-refractivity contribution in [3.63, 3.8) is 0 Å². The number of anilines is 3. The molecule has 0 amide bonds. The second-order valence-corrected chi connectivity index (χ2v) is 16.1. The maximum Gasteiger partial charge on any atom is 0.0555 e. The van der Waals surface area contributed by atoms with Crippen LogP contribution in [0.15, 0.2) is 200 Å². The van der Waals surface area contributed by atoms with Crippen molar-refractivity contribution in [1.82, 2.24) is 0 Å². The Balaban J connectivity index is 1.23. The van der Waals surface area contributed by atoms with E-state index >= 15 is 0 Å². The monoisotopic (exact) mass is 735 g/mol. The van der Waals surface area contributed by atoms with E-state index in [-0.39, 0.29) is 0 Å². The molecule has 55 heavy (non-hydrogen) atoms. The molecule has 0 spiro atoms. The fraction of sp³-hybridized carbons (Fsp3) is 0. The highest BCUT2D eigenvalue weighted by atomic mass is 32.1. The summed E-state index contributed by atoms with van der Waals surface area (Å²) in [6.45, 7) is 0. The maximum atomic E-state index is 2.54. The molecule has 0 aliphatic rings. The molecule has 2 aromatic heterocycles. The lowest BCUT2D eigenvalue weighted by Gasteiger charge is -2.31. The third-order valence-corrected chi connectivity index (χ3v) is 13.2. The summed E-state index contributed by atoms with van der Waals surface area (Å²) < 4.78 is 5.18. The number of rotatable bonds is 6. The molecule has 3 heteroatoms. The molecule has 0 radical (unpaired) electrons. The van der Waals surface area contributed by atoms with Crippen molar-refractivity contribution in [1.29, 1.82) is 0 Å². The lowest BCUT2D eigenvalue weighted by atomic mass is 9.90. The Morgan fingerprint density at radius 3 is 1.36 bits per heavy atom. The quantitative estimate of drug-likeness (QED) is 0.164. The summed E-state index contributed by atoms with van der Waals surface area (Å²) in [6, 6.07) is 73.5. The average Bonchev–Trinajstić information content (AvgIpc) is 3.83. The number of fused-ring (bicyclic) bond motifs is 7. The molecule has 11 rings (SSSR count). The van der Waals surface area contributed by atoms with Crippen LogP contribution >= 0.6 is 22.7 Å². The van der Waals surface area contributed by atoms with Crippen molar-refractivity contribution in [2.24, 2.45) is 0 Å². The highest BCUT2D eigenvalue weighted by Gasteiger charge is 2.25. The third kappa shape index (κ3) is 5.20. The van der Waals surface area contributed by atoms with Gasteiger partial charge in [-0.2, -0.15) is 0 Å². The zero-order chi connectivity index (χ0) is 36.3. The van der Waals surface area contributed by atoms with Crippen molar-refractivity contribution in [3.05, 3.63) is 200 Å². The molecule has 2 heterocycles. The van der Waals surface area contributed by atoms with Crippen molar-refractivity contribution < 1.29 is 0 Å². The van der Waals surface area contributed by atoms with Crippen LogP contribution in [0.1, 0.15) is 0 Å². The summed E-state index contributed by atoms with van der Waals surface area (Å²) in [5.74, 6) is 0. The molecule has 11 aromatic rings. The van der Waals surface area contributed by atoms with E-state index in [1.807, 2.05) is 22.7 Å². The molecule has 0 N–H and O–H groups in total. The van der Waals surface area contributed by atoms with Gasteiger partial charge in [0.15, 0.2) is 0 Å². The Bertz CT molecular complexity index is 3230.